The van der Waals surface area contributed by atoms with Crippen molar-refractivity contribution < 1.29 is 56.1 Å². The van der Waals surface area contributed by atoms with Crippen LogP contribution in [-0.2, 0) is 19.2 Å². The summed E-state index contributed by atoms with van der Waals surface area (Å²) >= 11 is 14.4. The summed E-state index contributed by atoms with van der Waals surface area (Å²) in [6.45, 7) is 0. The number of carboxylic acids is 1. The van der Waals surface area contributed by atoms with Crippen LogP contribution in [0, 0.1) is 46.8 Å². The Morgan fingerprint density at radius 3 is 2.06 bits per heavy atom. The molecular weight excluding hydrogens is 750 g/mol. The highest BCUT2D eigenvalue weighted by Crippen LogP contribution is 2.66. The average molecular weight is 771 g/mol. The minimum atomic E-state index is -2.75. The van der Waals surface area contributed by atoms with E-state index in [1.54, 1.807) is 24.3 Å². The molecule has 4 aromatic rings. The highest BCUT2D eigenvalue weighted by molar-refractivity contribution is 6.58. The molecule has 4 aromatic carbocycles. The zero-order valence-electron chi connectivity index (χ0n) is 26.6. The molecule has 6 unspecified atom stereocenters. The lowest BCUT2D eigenvalue weighted by molar-refractivity contribution is -0.125. The van der Waals surface area contributed by atoms with Crippen molar-refractivity contribution in [2.75, 3.05) is 9.80 Å². The molecule has 3 fully saturated rings. The number of halogens is 7. The lowest BCUT2D eigenvalue weighted by Crippen LogP contribution is -2.60. The van der Waals surface area contributed by atoms with Crippen molar-refractivity contribution in [2.24, 2.45) is 17.8 Å². The molecule has 0 aromatic heterocycles. The predicted molar refractivity (Wildman–Crippen MR) is 178 cm³/mol. The first-order chi connectivity index (χ1) is 25.1. The van der Waals surface area contributed by atoms with E-state index in [2.05, 4.69) is 0 Å². The van der Waals surface area contributed by atoms with Gasteiger partial charge in [-0.3, -0.25) is 24.1 Å². The van der Waals surface area contributed by atoms with E-state index < -0.39 is 104 Å². The molecule has 2 heterocycles. The van der Waals surface area contributed by atoms with Gasteiger partial charge in [0.2, 0.25) is 17.6 Å². The molecule has 4 amide bonds. The highest BCUT2D eigenvalue weighted by Gasteiger charge is 2.77. The molecule has 0 bridgehead atoms. The Kier molecular flexibility index (Phi) is 7.59. The minimum absolute atomic E-state index is 0.0513. The van der Waals surface area contributed by atoms with Gasteiger partial charge in [0, 0.05) is 11.3 Å². The summed E-state index contributed by atoms with van der Waals surface area (Å²) < 4.78 is 73.8. The topological polar surface area (TPSA) is 132 Å². The minimum Gasteiger partial charge on any atom is -0.507 e. The lowest BCUT2D eigenvalue weighted by Gasteiger charge is -2.51. The summed E-state index contributed by atoms with van der Waals surface area (Å²) in [4.78, 5) is 64.0. The van der Waals surface area contributed by atoms with E-state index >= 15 is 8.78 Å². The molecule has 2 N–H and O–H groups in total. The molecule has 9 nitrogen and oxygen atoms in total. The Morgan fingerprint density at radius 1 is 0.755 bits per heavy atom. The largest absolute Gasteiger partial charge is 0.507 e. The van der Waals surface area contributed by atoms with Crippen molar-refractivity contribution >= 4 is 74.9 Å². The fourth-order valence-corrected chi connectivity index (χ4v) is 9.43. The van der Waals surface area contributed by atoms with E-state index in [0.717, 1.165) is 11.0 Å². The summed E-state index contributed by atoms with van der Waals surface area (Å²) in [5.74, 6) is -23.8. The van der Waals surface area contributed by atoms with Gasteiger partial charge in [-0.25, -0.2) is 31.6 Å². The van der Waals surface area contributed by atoms with Gasteiger partial charge in [0.15, 0.2) is 33.0 Å². The Hall–Kier alpha value is -5.34. The molecule has 2 aliphatic carbocycles. The second-order valence-electron chi connectivity index (χ2n) is 13.3. The number of nitrogens with zero attached hydrogens (tertiary/aromatic N) is 2. The quantitative estimate of drug-likeness (QED) is 0.0589. The third kappa shape index (κ3) is 4.39. The van der Waals surface area contributed by atoms with E-state index in [1.807, 2.05) is 0 Å². The summed E-state index contributed by atoms with van der Waals surface area (Å²) in [5.41, 5.74) is -1.80. The molecule has 270 valence electrons. The first-order valence-corrected chi connectivity index (χ1v) is 16.7. The second kappa shape index (κ2) is 11.6. The maximum absolute atomic E-state index is 15.3. The fourth-order valence-electron chi connectivity index (χ4n) is 8.50. The highest BCUT2D eigenvalue weighted by atomic mass is 35.5. The van der Waals surface area contributed by atoms with Crippen molar-refractivity contribution in [1.29, 1.82) is 0 Å². The Morgan fingerprint density at radius 2 is 1.40 bits per heavy atom. The molecule has 53 heavy (non-hydrogen) atoms. The monoisotopic (exact) mass is 770 g/mol. The molecule has 6 atom stereocenters. The van der Waals surface area contributed by atoms with Crippen LogP contribution in [0.4, 0.5) is 33.3 Å². The molecule has 0 spiro atoms. The van der Waals surface area contributed by atoms with Gasteiger partial charge in [-0.05, 0) is 54.0 Å². The average Bonchev–Trinajstić information content (AvgIpc) is 3.48. The van der Waals surface area contributed by atoms with Crippen LogP contribution in [0.15, 0.2) is 72.3 Å². The van der Waals surface area contributed by atoms with Gasteiger partial charge >= 0.3 is 5.97 Å². The van der Waals surface area contributed by atoms with Crippen LogP contribution < -0.4 is 9.80 Å². The van der Waals surface area contributed by atoms with Crippen LogP contribution in [-0.4, -0.2) is 49.6 Å². The summed E-state index contributed by atoms with van der Waals surface area (Å²) in [7, 11) is 0. The van der Waals surface area contributed by atoms with Crippen LogP contribution in [0.2, 0.25) is 0 Å². The molecular formula is C37H21Cl2F5N2O7. The number of aromatic hydroxyl groups is 1. The van der Waals surface area contributed by atoms with Crippen molar-refractivity contribution in [3.8, 4) is 5.75 Å². The number of hydrogen-bond donors (Lipinski definition) is 2. The van der Waals surface area contributed by atoms with Gasteiger partial charge in [-0.2, -0.15) is 0 Å². The normalized spacial score (nSPS) is 27.9. The van der Waals surface area contributed by atoms with Gasteiger partial charge < -0.3 is 10.2 Å². The maximum atomic E-state index is 15.3. The van der Waals surface area contributed by atoms with Crippen molar-refractivity contribution in [3.63, 3.8) is 0 Å². The van der Waals surface area contributed by atoms with Crippen molar-refractivity contribution in [2.45, 2.75) is 28.5 Å². The van der Waals surface area contributed by atoms with Gasteiger partial charge in [-0.1, -0.05) is 48.0 Å². The zero-order valence-corrected chi connectivity index (χ0v) is 28.1. The van der Waals surface area contributed by atoms with Crippen molar-refractivity contribution in [3.05, 3.63) is 113 Å². The molecule has 1 saturated carbocycles. The van der Waals surface area contributed by atoms with Gasteiger partial charge in [0.05, 0.1) is 23.1 Å². The van der Waals surface area contributed by atoms with E-state index in [9.17, 15) is 47.4 Å². The predicted octanol–water partition coefficient (Wildman–Crippen LogP) is 6.71. The first kappa shape index (κ1) is 34.7. The number of carbonyl (C=O) groups excluding carboxylic acids is 4. The number of alkyl halides is 2. The Bertz CT molecular complexity index is 2410. The number of carboxylic acid groups (broad SMARTS) is 1. The standard InChI is InChI=1S/C37H21Cl2F5N2O7/c38-36-13-21-19(8-9-20-23(21)32(49)45(31(20)48)15-5-3-4-14(12-15)33(50)51)24(18-10-11-22(47)17-7-2-1-6-16(17)18)37(36,39)35(53)46(34(36)52)30-28(43)26(41)25(40)27(42)29(30)44/h1-8,10-12,20-21,23-24,47H,9,13H2,(H,50,51). The number of carbonyl (C=O) groups is 5. The van der Waals surface area contributed by atoms with Crippen LogP contribution in [0.3, 0.4) is 0 Å². The van der Waals surface area contributed by atoms with Crippen LogP contribution >= 0.6 is 23.2 Å². The maximum Gasteiger partial charge on any atom is 0.335 e. The number of anilines is 2. The van der Waals surface area contributed by atoms with E-state index in [0.29, 0.717) is 0 Å². The number of fused-ring (bicyclic) bond motifs is 5. The third-order valence-corrected chi connectivity index (χ3v) is 12.2. The lowest BCUT2D eigenvalue weighted by atomic mass is 9.56. The van der Waals surface area contributed by atoms with Crippen molar-refractivity contribution in [1.82, 2.24) is 0 Å². The summed E-state index contributed by atoms with van der Waals surface area (Å²) in [5, 5.41) is 20.8. The number of phenols is 1. The number of phenolic OH excluding ortho intramolecular Hbond substituents is 1. The number of amides is 4. The number of aromatic carboxylic acids is 1. The van der Waals surface area contributed by atoms with Crippen LogP contribution in [0.5, 0.6) is 5.75 Å². The van der Waals surface area contributed by atoms with E-state index in [-0.39, 0.29) is 50.2 Å². The molecule has 4 aliphatic rings. The molecule has 0 radical (unpaired) electrons. The number of hydrogen-bond acceptors (Lipinski definition) is 6. The Labute approximate surface area is 304 Å². The molecule has 2 aliphatic heterocycles. The first-order valence-electron chi connectivity index (χ1n) is 16.0. The van der Waals surface area contributed by atoms with Gasteiger partial charge in [-0.15, -0.1) is 23.2 Å². The van der Waals surface area contributed by atoms with Gasteiger partial charge in [0.25, 0.3) is 11.8 Å². The smallest absolute Gasteiger partial charge is 0.335 e. The number of rotatable bonds is 4. The number of benzene rings is 4. The van der Waals surface area contributed by atoms with Gasteiger partial charge in [0.1, 0.15) is 11.4 Å². The summed E-state index contributed by atoms with van der Waals surface area (Å²) in [6, 6.07) is 13.9. The molecule has 16 heteroatoms. The molecule has 2 saturated heterocycles. The van der Waals surface area contributed by atoms with Crippen LogP contribution in [0.1, 0.15) is 34.7 Å². The fraction of sp³-hybridized carbons (Fsp3) is 0.216. The summed E-state index contributed by atoms with van der Waals surface area (Å²) in [6.07, 6.45) is 0.713. The zero-order chi connectivity index (χ0) is 38.0. The Balaban J connectivity index is 1.35. The second-order valence-corrected chi connectivity index (χ2v) is 14.5. The van der Waals surface area contributed by atoms with E-state index in [4.69, 9.17) is 23.2 Å². The van der Waals surface area contributed by atoms with E-state index in [1.165, 1.54) is 36.4 Å². The number of allylic oxidation sites excluding steroid dienone is 2. The molecule has 8 rings (SSSR count). The SMILES string of the molecule is O=C(O)c1cccc(N2C(=O)C3CC=C4C(CC5(Cl)C(=O)N(c6c(F)c(F)c(F)c(F)c6F)C(=O)C5(Cl)C4c4ccc(O)c5ccccc45)C3C2=O)c1. The third-order valence-electron chi connectivity index (χ3n) is 10.8. The van der Waals surface area contributed by atoms with Crippen LogP contribution in [0.25, 0.3) is 10.8 Å². The number of imide groups is 2.